The van der Waals surface area contributed by atoms with Gasteiger partial charge in [-0.2, -0.15) is 0 Å². The quantitative estimate of drug-likeness (QED) is 0.457. The molecule has 0 unspecified atom stereocenters. The SMILES string of the molecule is [2H]c1c([2H])c([2H])c2c(c1[2H])c([2H])c([2H])c1[nH]c3ccc(Br)cc3c12. The maximum Gasteiger partial charge on any atom is 0.0645 e. The van der Waals surface area contributed by atoms with Crippen LogP contribution in [-0.2, 0) is 0 Å². The number of hydrogen-bond donors (Lipinski definition) is 1. The normalized spacial score (nSPS) is 16.3. The van der Waals surface area contributed by atoms with E-state index in [1.165, 1.54) is 0 Å². The summed E-state index contributed by atoms with van der Waals surface area (Å²) in [6.45, 7) is 0. The Balaban J connectivity index is 2.46. The molecule has 0 aliphatic heterocycles. The Labute approximate surface area is 121 Å². The van der Waals surface area contributed by atoms with E-state index < -0.39 is 0 Å². The summed E-state index contributed by atoms with van der Waals surface area (Å²) in [5.74, 6) is 0. The molecule has 3 aromatic carbocycles. The molecular weight excluding hydrogens is 286 g/mol. The van der Waals surface area contributed by atoms with Crippen LogP contribution < -0.4 is 0 Å². The van der Waals surface area contributed by atoms with Crippen LogP contribution in [0.5, 0.6) is 0 Å². The van der Waals surface area contributed by atoms with Gasteiger partial charge < -0.3 is 4.98 Å². The highest BCUT2D eigenvalue weighted by Crippen LogP contribution is 2.33. The summed E-state index contributed by atoms with van der Waals surface area (Å²) in [5.41, 5.74) is 1.16. The summed E-state index contributed by atoms with van der Waals surface area (Å²) < 4.78 is 49.5. The van der Waals surface area contributed by atoms with E-state index in [4.69, 9.17) is 8.22 Å². The van der Waals surface area contributed by atoms with Gasteiger partial charge in [-0.25, -0.2) is 0 Å². The fourth-order valence-corrected chi connectivity index (χ4v) is 2.60. The van der Waals surface area contributed by atoms with Gasteiger partial charge in [-0.1, -0.05) is 46.1 Å². The van der Waals surface area contributed by atoms with Gasteiger partial charge in [0.05, 0.1) is 8.22 Å². The van der Waals surface area contributed by atoms with Crippen molar-refractivity contribution in [3.8, 4) is 0 Å². The number of nitrogens with one attached hydrogen (secondary N) is 1. The molecule has 0 amide bonds. The number of benzene rings is 3. The zero-order chi connectivity index (χ0) is 17.3. The van der Waals surface area contributed by atoms with Crippen molar-refractivity contribution in [3.05, 3.63) is 58.9 Å². The Morgan fingerprint density at radius 3 is 2.78 bits per heavy atom. The molecule has 4 rings (SSSR count). The second kappa shape index (κ2) is 3.59. The fraction of sp³-hybridized carbons (Fsp3) is 0. The average molecular weight is 302 g/mol. The molecule has 0 spiro atoms. The molecule has 0 atom stereocenters. The van der Waals surface area contributed by atoms with Crippen molar-refractivity contribution in [2.45, 2.75) is 0 Å². The molecule has 0 bridgehead atoms. The van der Waals surface area contributed by atoms with E-state index in [0.29, 0.717) is 10.9 Å². The van der Waals surface area contributed by atoms with Crippen LogP contribution in [0.25, 0.3) is 32.6 Å². The monoisotopic (exact) mass is 301 g/mol. The van der Waals surface area contributed by atoms with Crippen molar-refractivity contribution >= 4 is 48.5 Å². The van der Waals surface area contributed by atoms with Crippen LogP contribution in [-0.4, -0.2) is 4.98 Å². The first-order valence-corrected chi connectivity index (χ1v) is 6.22. The number of halogens is 1. The van der Waals surface area contributed by atoms with Crippen molar-refractivity contribution in [2.24, 2.45) is 0 Å². The minimum absolute atomic E-state index is 0.0742. The number of aromatic amines is 1. The molecule has 1 N–H and O–H groups in total. The molecule has 1 heterocycles. The van der Waals surface area contributed by atoms with Crippen molar-refractivity contribution < 1.29 is 8.22 Å². The summed E-state index contributed by atoms with van der Waals surface area (Å²) in [6, 6.07) is 4.06. The summed E-state index contributed by atoms with van der Waals surface area (Å²) in [5, 5.41) is 1.66. The largest absolute Gasteiger partial charge is 0.354 e. The van der Waals surface area contributed by atoms with E-state index in [1.54, 1.807) is 0 Å². The molecule has 1 aromatic heterocycles. The fourth-order valence-electron chi connectivity index (χ4n) is 2.24. The molecular formula is C16H10BrN. The van der Waals surface area contributed by atoms with Gasteiger partial charge >= 0.3 is 0 Å². The lowest BCUT2D eigenvalue weighted by Crippen LogP contribution is -1.74. The molecule has 0 aliphatic rings. The number of H-pyrrole nitrogens is 1. The molecule has 1 nitrogen and oxygen atoms in total. The molecule has 0 fully saturated rings. The first-order chi connectivity index (χ1) is 11.3. The molecule has 4 aromatic rings. The highest BCUT2D eigenvalue weighted by atomic mass is 79.9. The summed E-state index contributed by atoms with van der Waals surface area (Å²) in [7, 11) is 0. The molecule has 2 heteroatoms. The predicted molar refractivity (Wildman–Crippen MR) is 81.0 cm³/mol. The van der Waals surface area contributed by atoms with E-state index in [-0.39, 0.29) is 47.0 Å². The Hall–Kier alpha value is -1.80. The second-order valence-corrected chi connectivity index (χ2v) is 4.98. The lowest BCUT2D eigenvalue weighted by Gasteiger charge is -1.99. The van der Waals surface area contributed by atoms with Crippen LogP contribution in [0.3, 0.4) is 0 Å². The van der Waals surface area contributed by atoms with Crippen LogP contribution in [0, 0.1) is 0 Å². The number of fused-ring (bicyclic) bond motifs is 5. The zero-order valence-electron chi connectivity index (χ0n) is 15.1. The minimum atomic E-state index is -0.388. The standard InChI is InChI=1S/C16H10BrN/c17-11-6-8-14-13(9-11)16-12-4-2-1-3-10(12)5-7-15(16)18-14/h1-9,18H/i1D,2D,3D,4D,5D,7D. The van der Waals surface area contributed by atoms with Crippen LogP contribution in [0.1, 0.15) is 8.22 Å². The molecule has 0 aliphatic carbocycles. The number of aromatic nitrogens is 1. The van der Waals surface area contributed by atoms with Crippen molar-refractivity contribution in [2.75, 3.05) is 0 Å². The van der Waals surface area contributed by atoms with Crippen LogP contribution >= 0.6 is 15.9 Å². The number of rotatable bonds is 0. The molecule has 86 valence electrons. The Kier molecular flexibility index (Phi) is 1.18. The van der Waals surface area contributed by atoms with Crippen molar-refractivity contribution in [3.63, 3.8) is 0 Å². The van der Waals surface area contributed by atoms with Crippen molar-refractivity contribution in [1.29, 1.82) is 0 Å². The van der Waals surface area contributed by atoms with Crippen molar-refractivity contribution in [1.82, 2.24) is 4.98 Å². The third-order valence-corrected chi connectivity index (χ3v) is 3.50. The first-order valence-electron chi connectivity index (χ1n) is 8.43. The maximum atomic E-state index is 8.28. The lowest BCUT2D eigenvalue weighted by atomic mass is 10.0. The molecule has 0 radical (unpaired) electrons. The maximum absolute atomic E-state index is 8.28. The number of hydrogen-bond acceptors (Lipinski definition) is 0. The van der Waals surface area contributed by atoms with Gasteiger partial charge in [-0.05, 0) is 35.0 Å². The van der Waals surface area contributed by atoms with Gasteiger partial charge in [0.25, 0.3) is 0 Å². The van der Waals surface area contributed by atoms with Gasteiger partial charge in [-0.3, -0.25) is 0 Å². The van der Waals surface area contributed by atoms with E-state index in [0.717, 1.165) is 15.4 Å². The minimum Gasteiger partial charge on any atom is -0.354 e. The van der Waals surface area contributed by atoms with Gasteiger partial charge in [0.15, 0.2) is 0 Å². The van der Waals surface area contributed by atoms with Gasteiger partial charge in [0, 0.05) is 26.3 Å². The third-order valence-electron chi connectivity index (χ3n) is 3.01. The predicted octanol–water partition coefficient (Wildman–Crippen LogP) is 5.24. The summed E-state index contributed by atoms with van der Waals surface area (Å²) >= 11 is 3.41. The Bertz CT molecular complexity index is 1180. The molecule has 0 saturated heterocycles. The Morgan fingerprint density at radius 2 is 1.83 bits per heavy atom. The van der Waals surface area contributed by atoms with E-state index in [2.05, 4.69) is 20.9 Å². The molecule has 18 heavy (non-hydrogen) atoms. The molecule has 0 saturated carbocycles. The van der Waals surface area contributed by atoms with Gasteiger partial charge in [-0.15, -0.1) is 0 Å². The van der Waals surface area contributed by atoms with Gasteiger partial charge in [0.2, 0.25) is 0 Å². The Morgan fingerprint density at radius 1 is 0.944 bits per heavy atom. The second-order valence-electron chi connectivity index (χ2n) is 4.06. The summed E-state index contributed by atoms with van der Waals surface area (Å²) in [4.78, 5) is 3.11. The lowest BCUT2D eigenvalue weighted by molar-refractivity contribution is 1.55. The van der Waals surface area contributed by atoms with Crippen LogP contribution in [0.4, 0.5) is 0 Å². The zero-order valence-corrected chi connectivity index (χ0v) is 10.7. The average Bonchev–Trinajstić information content (AvgIpc) is 2.93. The van der Waals surface area contributed by atoms with E-state index in [1.807, 2.05) is 18.2 Å². The summed E-state index contributed by atoms with van der Waals surface area (Å²) in [6.07, 6.45) is 0. The van der Waals surface area contributed by atoms with Crippen LogP contribution in [0.2, 0.25) is 0 Å². The highest BCUT2D eigenvalue weighted by molar-refractivity contribution is 9.10. The highest BCUT2D eigenvalue weighted by Gasteiger charge is 2.07. The topological polar surface area (TPSA) is 15.8 Å². The van der Waals surface area contributed by atoms with Crippen LogP contribution in [0.15, 0.2) is 58.9 Å². The smallest absolute Gasteiger partial charge is 0.0645 e. The van der Waals surface area contributed by atoms with Gasteiger partial charge in [0.1, 0.15) is 0 Å². The first kappa shape index (κ1) is 5.89. The third kappa shape index (κ3) is 1.33. The van der Waals surface area contributed by atoms with E-state index >= 15 is 0 Å². The van der Waals surface area contributed by atoms with E-state index in [9.17, 15) is 0 Å².